The lowest BCUT2D eigenvalue weighted by Gasteiger charge is -2.32. The number of aromatic nitrogens is 5. The van der Waals surface area contributed by atoms with Crippen LogP contribution in [0.25, 0.3) is 11.3 Å². The summed E-state index contributed by atoms with van der Waals surface area (Å²) in [5.74, 6) is 0.644. The van der Waals surface area contributed by atoms with Crippen LogP contribution < -0.4 is 0 Å². The molecule has 150 valence electrons. The maximum atomic E-state index is 12.6. The van der Waals surface area contributed by atoms with E-state index in [0.717, 1.165) is 41.2 Å². The highest BCUT2D eigenvalue weighted by molar-refractivity contribution is 5.92. The molecule has 1 amide bonds. The van der Waals surface area contributed by atoms with Crippen molar-refractivity contribution in [2.75, 3.05) is 19.7 Å². The number of morpholine rings is 1. The predicted molar refractivity (Wildman–Crippen MR) is 103 cm³/mol. The van der Waals surface area contributed by atoms with Gasteiger partial charge in [0, 0.05) is 25.0 Å². The van der Waals surface area contributed by atoms with Crippen LogP contribution in [-0.4, -0.2) is 61.7 Å². The molecule has 1 aliphatic rings. The van der Waals surface area contributed by atoms with Gasteiger partial charge in [-0.05, 0) is 38.8 Å². The lowest BCUT2D eigenvalue weighted by atomic mass is 10.1. The Morgan fingerprint density at radius 2 is 2.14 bits per heavy atom. The molecule has 0 N–H and O–H groups in total. The van der Waals surface area contributed by atoms with Crippen molar-refractivity contribution in [2.24, 2.45) is 0 Å². The van der Waals surface area contributed by atoms with Crippen molar-refractivity contribution in [1.82, 2.24) is 30.0 Å². The smallest absolute Gasteiger partial charge is 0.272 e. The topological polar surface area (TPSA) is 107 Å². The standard InChI is InChI=1S/C20H22N6O3/c1-13-19(14(2)29-25-13)18-9-15(22-12-24-18)3-4-16-10-26(7-8-28-16)20(27)17-5-6-21-11-23-17/h5-6,9,11-12,16H,3-4,7-8,10H2,1-2H3/t16-/m0/s1. The predicted octanol–water partition coefficient (Wildman–Crippen LogP) is 2.01. The van der Waals surface area contributed by atoms with Gasteiger partial charge in [-0.2, -0.15) is 0 Å². The second-order valence-electron chi connectivity index (χ2n) is 6.97. The lowest BCUT2D eigenvalue weighted by molar-refractivity contribution is -0.0248. The number of carbonyl (C=O) groups is 1. The highest BCUT2D eigenvalue weighted by atomic mass is 16.5. The number of ether oxygens (including phenoxy) is 1. The van der Waals surface area contributed by atoms with E-state index in [0.29, 0.717) is 25.4 Å². The Hall–Kier alpha value is -3.20. The number of hydrogen-bond donors (Lipinski definition) is 0. The Labute approximate surface area is 168 Å². The van der Waals surface area contributed by atoms with Gasteiger partial charge in [-0.3, -0.25) is 4.79 Å². The first kappa shape index (κ1) is 19.1. The third-order valence-corrected chi connectivity index (χ3v) is 4.96. The molecule has 1 atom stereocenters. The van der Waals surface area contributed by atoms with Crippen molar-refractivity contribution in [2.45, 2.75) is 32.8 Å². The molecule has 3 aromatic rings. The minimum Gasteiger partial charge on any atom is -0.375 e. The van der Waals surface area contributed by atoms with Gasteiger partial charge in [0.05, 0.1) is 29.7 Å². The van der Waals surface area contributed by atoms with Crippen molar-refractivity contribution in [1.29, 1.82) is 0 Å². The minimum absolute atomic E-state index is 0.0491. The summed E-state index contributed by atoms with van der Waals surface area (Å²) in [4.78, 5) is 31.0. The summed E-state index contributed by atoms with van der Waals surface area (Å²) < 4.78 is 11.1. The summed E-state index contributed by atoms with van der Waals surface area (Å²) in [7, 11) is 0. The summed E-state index contributed by atoms with van der Waals surface area (Å²) >= 11 is 0. The SMILES string of the molecule is Cc1noc(C)c1-c1cc(CC[C@H]2CN(C(=O)c3ccncn3)CCO2)ncn1. The van der Waals surface area contributed by atoms with E-state index < -0.39 is 0 Å². The van der Waals surface area contributed by atoms with Gasteiger partial charge in [-0.15, -0.1) is 0 Å². The highest BCUT2D eigenvalue weighted by Gasteiger charge is 2.25. The molecule has 0 unspecified atom stereocenters. The molecule has 1 fully saturated rings. The molecule has 29 heavy (non-hydrogen) atoms. The molecule has 1 saturated heterocycles. The average Bonchev–Trinajstić information content (AvgIpc) is 3.11. The Kier molecular flexibility index (Phi) is 5.57. The van der Waals surface area contributed by atoms with E-state index in [4.69, 9.17) is 9.26 Å². The zero-order chi connectivity index (χ0) is 20.2. The molecule has 0 bridgehead atoms. The van der Waals surface area contributed by atoms with Crippen LogP contribution in [0.2, 0.25) is 0 Å². The molecule has 3 aromatic heterocycles. The molecular weight excluding hydrogens is 372 g/mol. The summed E-state index contributed by atoms with van der Waals surface area (Å²) in [5, 5.41) is 3.99. The van der Waals surface area contributed by atoms with Crippen molar-refractivity contribution in [3.8, 4) is 11.3 Å². The largest absolute Gasteiger partial charge is 0.375 e. The fourth-order valence-corrected chi connectivity index (χ4v) is 3.49. The number of rotatable bonds is 5. The Morgan fingerprint density at radius 3 is 2.90 bits per heavy atom. The van der Waals surface area contributed by atoms with E-state index in [1.165, 1.54) is 6.33 Å². The van der Waals surface area contributed by atoms with Gasteiger partial charge in [0.2, 0.25) is 0 Å². The van der Waals surface area contributed by atoms with Crippen LogP contribution in [0, 0.1) is 13.8 Å². The van der Waals surface area contributed by atoms with E-state index in [1.807, 2.05) is 19.9 Å². The first-order valence-electron chi connectivity index (χ1n) is 9.53. The van der Waals surface area contributed by atoms with E-state index in [2.05, 4.69) is 25.1 Å². The second kappa shape index (κ2) is 8.44. The summed E-state index contributed by atoms with van der Waals surface area (Å²) in [6.07, 6.45) is 5.95. The zero-order valence-electron chi connectivity index (χ0n) is 16.4. The van der Waals surface area contributed by atoms with Crippen molar-refractivity contribution in [3.63, 3.8) is 0 Å². The fourth-order valence-electron chi connectivity index (χ4n) is 3.49. The van der Waals surface area contributed by atoms with E-state index >= 15 is 0 Å². The molecular formula is C20H22N6O3. The third-order valence-electron chi connectivity index (χ3n) is 4.96. The van der Waals surface area contributed by atoms with E-state index in [-0.39, 0.29) is 12.0 Å². The number of nitrogens with zero attached hydrogens (tertiary/aromatic N) is 6. The van der Waals surface area contributed by atoms with Gasteiger partial charge < -0.3 is 14.2 Å². The summed E-state index contributed by atoms with van der Waals surface area (Å²) in [6.45, 7) is 5.37. The fraction of sp³-hybridized carbons (Fsp3) is 0.400. The van der Waals surface area contributed by atoms with Gasteiger partial charge in [0.1, 0.15) is 24.1 Å². The molecule has 4 heterocycles. The first-order valence-corrected chi connectivity index (χ1v) is 9.53. The van der Waals surface area contributed by atoms with Crippen molar-refractivity contribution < 1.29 is 14.1 Å². The van der Waals surface area contributed by atoms with E-state index in [1.54, 1.807) is 23.5 Å². The molecule has 9 heteroatoms. The molecule has 0 aliphatic carbocycles. The average molecular weight is 394 g/mol. The number of carbonyl (C=O) groups excluding carboxylic acids is 1. The van der Waals surface area contributed by atoms with Gasteiger partial charge in [0.15, 0.2) is 0 Å². The maximum absolute atomic E-state index is 12.6. The number of aryl methyl sites for hydroxylation is 3. The third kappa shape index (κ3) is 4.29. The van der Waals surface area contributed by atoms with Crippen LogP contribution in [0.15, 0.2) is 35.5 Å². The molecule has 4 rings (SSSR count). The Bertz CT molecular complexity index is 971. The quantitative estimate of drug-likeness (QED) is 0.647. The normalized spacial score (nSPS) is 16.8. The number of hydrogen-bond acceptors (Lipinski definition) is 8. The van der Waals surface area contributed by atoms with Crippen molar-refractivity contribution in [3.05, 3.63) is 53.8 Å². The van der Waals surface area contributed by atoms with Crippen LogP contribution in [-0.2, 0) is 11.2 Å². The van der Waals surface area contributed by atoms with Gasteiger partial charge in [-0.1, -0.05) is 5.16 Å². The van der Waals surface area contributed by atoms with E-state index in [9.17, 15) is 4.79 Å². The van der Waals surface area contributed by atoms with Gasteiger partial charge in [0.25, 0.3) is 5.91 Å². The first-order chi connectivity index (χ1) is 14.1. The van der Waals surface area contributed by atoms with Crippen LogP contribution >= 0.6 is 0 Å². The van der Waals surface area contributed by atoms with Gasteiger partial charge in [-0.25, -0.2) is 19.9 Å². The zero-order valence-corrected chi connectivity index (χ0v) is 16.4. The molecule has 0 aromatic carbocycles. The molecule has 0 spiro atoms. The maximum Gasteiger partial charge on any atom is 0.272 e. The highest BCUT2D eigenvalue weighted by Crippen LogP contribution is 2.25. The summed E-state index contributed by atoms with van der Waals surface area (Å²) in [6, 6.07) is 3.59. The number of amides is 1. The molecule has 9 nitrogen and oxygen atoms in total. The molecule has 1 aliphatic heterocycles. The van der Waals surface area contributed by atoms with Crippen LogP contribution in [0.5, 0.6) is 0 Å². The molecule has 0 saturated carbocycles. The van der Waals surface area contributed by atoms with Crippen molar-refractivity contribution >= 4 is 5.91 Å². The van der Waals surface area contributed by atoms with Gasteiger partial charge >= 0.3 is 0 Å². The minimum atomic E-state index is -0.0940. The van der Waals surface area contributed by atoms with Crippen LogP contribution in [0.4, 0.5) is 0 Å². The summed E-state index contributed by atoms with van der Waals surface area (Å²) in [5.41, 5.74) is 3.83. The monoisotopic (exact) mass is 394 g/mol. The second-order valence-corrected chi connectivity index (χ2v) is 6.97. The Morgan fingerprint density at radius 1 is 1.24 bits per heavy atom. The lowest BCUT2D eigenvalue weighted by Crippen LogP contribution is -2.46. The van der Waals surface area contributed by atoms with Crippen LogP contribution in [0.3, 0.4) is 0 Å². The molecule has 0 radical (unpaired) electrons. The van der Waals surface area contributed by atoms with Crippen LogP contribution in [0.1, 0.15) is 34.1 Å². The Balaban J connectivity index is 1.39.